The Kier molecular flexibility index (Phi) is 4.03. The molecule has 1 atom stereocenters. The Bertz CT molecular complexity index is 1800. The number of benzene rings is 4. The van der Waals surface area contributed by atoms with Gasteiger partial charge in [-0.15, -0.1) is 0 Å². The number of allylic oxidation sites excluding steroid dienone is 4. The lowest BCUT2D eigenvalue weighted by molar-refractivity contribution is 0.625. The Morgan fingerprint density at radius 2 is 1.26 bits per heavy atom. The minimum absolute atomic E-state index is 0.0355. The van der Waals surface area contributed by atoms with Gasteiger partial charge < -0.3 is 9.13 Å². The molecule has 0 saturated heterocycles. The molecule has 0 fully saturated rings. The van der Waals surface area contributed by atoms with E-state index < -0.39 is 0 Å². The van der Waals surface area contributed by atoms with Crippen LogP contribution in [0.5, 0.6) is 0 Å². The molecule has 0 amide bonds. The smallest absolute Gasteiger partial charge is 0.0969 e. The fourth-order valence-electron chi connectivity index (χ4n) is 5.69. The average Bonchev–Trinajstić information content (AvgIpc) is 3.42. The van der Waals surface area contributed by atoms with E-state index in [0.29, 0.717) is 0 Å². The maximum atomic E-state index is 9.97. The van der Waals surface area contributed by atoms with Crippen molar-refractivity contribution in [3.05, 3.63) is 115 Å². The van der Waals surface area contributed by atoms with Crippen LogP contribution in [0.25, 0.3) is 49.3 Å². The molecule has 1 unspecified atom stereocenters. The average molecular weight is 436 g/mol. The molecule has 0 radical (unpaired) electrons. The fourth-order valence-corrected chi connectivity index (χ4v) is 5.69. The molecule has 0 spiro atoms. The second-order valence-electron chi connectivity index (χ2n) is 8.84. The Hall–Kier alpha value is -4.55. The van der Waals surface area contributed by atoms with Crippen molar-refractivity contribution in [2.75, 3.05) is 0 Å². The molecule has 2 heterocycles. The summed E-state index contributed by atoms with van der Waals surface area (Å²) in [6.07, 6.45) is 6.92. The van der Waals surface area contributed by atoms with Crippen molar-refractivity contribution in [2.24, 2.45) is 0 Å². The van der Waals surface area contributed by atoms with E-state index in [1.807, 2.05) is 12.2 Å². The Labute approximate surface area is 197 Å². The van der Waals surface area contributed by atoms with Gasteiger partial charge in [0.25, 0.3) is 0 Å². The number of nitriles is 1. The van der Waals surface area contributed by atoms with Crippen molar-refractivity contribution in [3.63, 3.8) is 0 Å². The molecule has 0 aliphatic heterocycles. The summed E-state index contributed by atoms with van der Waals surface area (Å²) in [5.41, 5.74) is 6.63. The molecule has 1 aliphatic rings. The van der Waals surface area contributed by atoms with E-state index in [2.05, 4.69) is 112 Å². The summed E-state index contributed by atoms with van der Waals surface area (Å²) in [5, 5.41) is 14.9. The third-order valence-electron chi connectivity index (χ3n) is 7.10. The van der Waals surface area contributed by atoms with E-state index in [1.54, 1.807) is 0 Å². The summed E-state index contributed by atoms with van der Waals surface area (Å²) in [4.78, 5) is 0. The second-order valence-corrected chi connectivity index (χ2v) is 8.84. The van der Waals surface area contributed by atoms with Gasteiger partial charge >= 0.3 is 0 Å². The first kappa shape index (κ1) is 19.0. The minimum Gasteiger partial charge on any atom is -0.330 e. The van der Waals surface area contributed by atoms with Gasteiger partial charge in [0.2, 0.25) is 0 Å². The molecule has 7 rings (SSSR count). The van der Waals surface area contributed by atoms with Crippen LogP contribution in [0.15, 0.2) is 115 Å². The van der Waals surface area contributed by atoms with E-state index in [-0.39, 0.29) is 6.04 Å². The molecular formula is C31H21N3. The minimum atomic E-state index is -0.0355. The molecular weight excluding hydrogens is 414 g/mol. The van der Waals surface area contributed by atoms with Gasteiger partial charge in [-0.05, 0) is 36.8 Å². The van der Waals surface area contributed by atoms with Crippen molar-refractivity contribution in [1.82, 2.24) is 9.13 Å². The van der Waals surface area contributed by atoms with Gasteiger partial charge in [-0.3, -0.25) is 0 Å². The zero-order valence-corrected chi connectivity index (χ0v) is 18.5. The first-order valence-corrected chi connectivity index (χ1v) is 11.6. The van der Waals surface area contributed by atoms with Crippen LogP contribution in [0.1, 0.15) is 12.5 Å². The van der Waals surface area contributed by atoms with Crippen LogP contribution in [0.4, 0.5) is 0 Å². The fraction of sp³-hybridized carbons (Fsp3) is 0.0645. The van der Waals surface area contributed by atoms with E-state index >= 15 is 0 Å². The highest BCUT2D eigenvalue weighted by molar-refractivity contribution is 6.14. The molecule has 160 valence electrons. The van der Waals surface area contributed by atoms with Crippen LogP contribution in [0.2, 0.25) is 0 Å². The predicted molar refractivity (Wildman–Crippen MR) is 140 cm³/mol. The number of para-hydroxylation sites is 4. The van der Waals surface area contributed by atoms with Gasteiger partial charge in [0, 0.05) is 27.1 Å². The molecule has 4 aromatic carbocycles. The number of hydrogen-bond donors (Lipinski definition) is 0. The van der Waals surface area contributed by atoms with E-state index in [4.69, 9.17) is 0 Å². The molecule has 3 heteroatoms. The highest BCUT2D eigenvalue weighted by Gasteiger charge is 2.25. The summed E-state index contributed by atoms with van der Waals surface area (Å²) >= 11 is 0. The van der Waals surface area contributed by atoms with Crippen molar-refractivity contribution in [2.45, 2.75) is 12.5 Å². The molecule has 34 heavy (non-hydrogen) atoms. The first-order chi connectivity index (χ1) is 16.9. The quantitative estimate of drug-likeness (QED) is 0.273. The number of nitrogens with zero attached hydrogens (tertiary/aromatic N) is 3. The van der Waals surface area contributed by atoms with Crippen LogP contribution >= 0.6 is 0 Å². The van der Waals surface area contributed by atoms with Crippen LogP contribution in [0, 0.1) is 11.3 Å². The molecule has 3 nitrogen and oxygen atoms in total. The highest BCUT2D eigenvalue weighted by Crippen LogP contribution is 2.41. The molecule has 1 aliphatic carbocycles. The Morgan fingerprint density at radius 3 is 1.94 bits per heavy atom. The Balaban J connectivity index is 1.68. The first-order valence-electron chi connectivity index (χ1n) is 11.6. The second kappa shape index (κ2) is 7.23. The normalized spacial score (nSPS) is 15.9. The summed E-state index contributed by atoms with van der Waals surface area (Å²) in [5.74, 6) is 0. The third kappa shape index (κ3) is 2.51. The largest absolute Gasteiger partial charge is 0.330 e. The van der Waals surface area contributed by atoms with Crippen molar-refractivity contribution in [3.8, 4) is 11.8 Å². The summed E-state index contributed by atoms with van der Waals surface area (Å²) in [6, 6.07) is 34.8. The standard InChI is InChI=1S/C31H21N3/c32-20-21-10-1-5-15-26(21)34-29-18-8-4-13-24(29)25-14-9-19-30(31(25)34)33-27-16-6-2-11-22(27)23-12-3-7-17-28(23)33/h1-14,16-19,26H,15H2. The molecule has 0 N–H and O–H groups in total. The SMILES string of the molecule is N#CC1=CC=CCC1n1c2ccccc2c2cccc(-n3c4ccccc4c4ccccc43)c21. The van der Waals surface area contributed by atoms with Gasteiger partial charge in [-0.1, -0.05) is 78.9 Å². The molecule has 6 aromatic rings. The van der Waals surface area contributed by atoms with Crippen LogP contribution in [-0.4, -0.2) is 9.13 Å². The zero-order chi connectivity index (χ0) is 22.6. The van der Waals surface area contributed by atoms with Crippen LogP contribution in [0.3, 0.4) is 0 Å². The van der Waals surface area contributed by atoms with Crippen molar-refractivity contribution >= 4 is 43.6 Å². The van der Waals surface area contributed by atoms with Crippen molar-refractivity contribution < 1.29 is 0 Å². The topological polar surface area (TPSA) is 33.6 Å². The number of fused-ring (bicyclic) bond motifs is 6. The Morgan fingerprint density at radius 1 is 0.676 bits per heavy atom. The third-order valence-corrected chi connectivity index (χ3v) is 7.10. The lowest BCUT2D eigenvalue weighted by Crippen LogP contribution is -2.13. The predicted octanol–water partition coefficient (Wildman–Crippen LogP) is 7.84. The van der Waals surface area contributed by atoms with Gasteiger partial charge in [0.1, 0.15) is 0 Å². The maximum absolute atomic E-state index is 9.97. The molecule has 0 saturated carbocycles. The zero-order valence-electron chi connectivity index (χ0n) is 18.5. The lowest BCUT2D eigenvalue weighted by Gasteiger charge is -2.23. The number of aromatic nitrogens is 2. The number of rotatable bonds is 2. The van der Waals surface area contributed by atoms with Crippen molar-refractivity contribution in [1.29, 1.82) is 5.26 Å². The van der Waals surface area contributed by atoms with Gasteiger partial charge in [0.15, 0.2) is 0 Å². The summed E-state index contributed by atoms with van der Waals surface area (Å²) in [6.45, 7) is 0. The van der Waals surface area contributed by atoms with Gasteiger partial charge in [-0.25, -0.2) is 0 Å². The number of hydrogen-bond acceptors (Lipinski definition) is 1. The summed E-state index contributed by atoms with van der Waals surface area (Å²) < 4.78 is 4.78. The van der Waals surface area contributed by atoms with Gasteiger partial charge in [-0.2, -0.15) is 5.26 Å². The van der Waals surface area contributed by atoms with E-state index in [9.17, 15) is 5.26 Å². The maximum Gasteiger partial charge on any atom is 0.0969 e. The van der Waals surface area contributed by atoms with Gasteiger partial charge in [0.05, 0.1) is 39.9 Å². The summed E-state index contributed by atoms with van der Waals surface area (Å²) in [7, 11) is 0. The van der Waals surface area contributed by atoms with Crippen LogP contribution in [-0.2, 0) is 0 Å². The van der Waals surface area contributed by atoms with Crippen LogP contribution < -0.4 is 0 Å². The monoisotopic (exact) mass is 435 g/mol. The highest BCUT2D eigenvalue weighted by atomic mass is 15.1. The molecule has 2 aromatic heterocycles. The van der Waals surface area contributed by atoms with E-state index in [0.717, 1.165) is 28.7 Å². The molecule has 0 bridgehead atoms. The van der Waals surface area contributed by atoms with E-state index in [1.165, 1.54) is 32.6 Å². The lowest BCUT2D eigenvalue weighted by atomic mass is 9.99.